The fourth-order valence-corrected chi connectivity index (χ4v) is 8.56. The van der Waals surface area contributed by atoms with Gasteiger partial charge in [-0.2, -0.15) is 0 Å². The van der Waals surface area contributed by atoms with E-state index < -0.39 is 0 Å². The summed E-state index contributed by atoms with van der Waals surface area (Å²) in [4.78, 5) is 2.35. The molecule has 2 heteroatoms. The third-order valence-electron chi connectivity index (χ3n) is 10.9. The molecule has 0 bridgehead atoms. The first-order valence-corrected chi connectivity index (χ1v) is 17.9. The van der Waals surface area contributed by atoms with Gasteiger partial charge in [0.2, 0.25) is 0 Å². The van der Waals surface area contributed by atoms with Crippen LogP contribution in [0, 0.1) is 0 Å². The highest BCUT2D eigenvalue weighted by Crippen LogP contribution is 2.44. The molecule has 0 atom stereocenters. The predicted octanol–water partition coefficient (Wildman–Crippen LogP) is 14.0. The molecule has 0 aliphatic carbocycles. The van der Waals surface area contributed by atoms with E-state index in [4.69, 9.17) is 0 Å². The first-order valence-electron chi connectivity index (χ1n) is 17.9. The highest BCUT2D eigenvalue weighted by Gasteiger charge is 2.19. The van der Waals surface area contributed by atoms with Crippen molar-refractivity contribution in [2.24, 2.45) is 0 Å². The molecule has 1 aromatic heterocycles. The maximum atomic E-state index is 2.46. The Morgan fingerprint density at radius 1 is 0.288 bits per heavy atom. The minimum Gasteiger partial charge on any atom is -0.310 e. The van der Waals surface area contributed by atoms with Crippen LogP contribution in [0.25, 0.3) is 81.4 Å². The van der Waals surface area contributed by atoms with Gasteiger partial charge in [0.25, 0.3) is 0 Å². The van der Waals surface area contributed by atoms with Gasteiger partial charge in [0, 0.05) is 33.5 Å². The van der Waals surface area contributed by atoms with E-state index in [2.05, 4.69) is 204 Å². The first-order chi connectivity index (χ1) is 25.8. The molecule has 0 spiro atoms. The van der Waals surface area contributed by atoms with Gasteiger partial charge in [0.05, 0.1) is 11.0 Å². The predicted molar refractivity (Wildman–Crippen MR) is 223 cm³/mol. The SMILES string of the molecule is c1ccc(N(c2ccccc2)c2ccc3c(c2)c2ccccc2c2cc4ccc5c(c4cc32)c2ccccc2n5-c2ccc3ccccc3c2)cc1. The smallest absolute Gasteiger partial charge is 0.0547 e. The summed E-state index contributed by atoms with van der Waals surface area (Å²) in [7, 11) is 0. The van der Waals surface area contributed by atoms with Crippen molar-refractivity contribution in [3.05, 3.63) is 194 Å². The van der Waals surface area contributed by atoms with E-state index in [9.17, 15) is 0 Å². The van der Waals surface area contributed by atoms with E-state index in [1.54, 1.807) is 0 Å². The van der Waals surface area contributed by atoms with Gasteiger partial charge in [0.1, 0.15) is 0 Å². The molecule has 0 amide bonds. The molecule has 0 saturated carbocycles. The average molecular weight is 661 g/mol. The second-order valence-corrected chi connectivity index (χ2v) is 13.7. The van der Waals surface area contributed by atoms with E-state index in [0.29, 0.717) is 0 Å². The second kappa shape index (κ2) is 11.3. The van der Waals surface area contributed by atoms with Gasteiger partial charge in [-0.3, -0.25) is 0 Å². The first kappa shape index (κ1) is 28.9. The van der Waals surface area contributed by atoms with Crippen LogP contribution in [0.15, 0.2) is 194 Å². The lowest BCUT2D eigenvalue weighted by molar-refractivity contribution is 1.19. The topological polar surface area (TPSA) is 8.17 Å². The van der Waals surface area contributed by atoms with Crippen LogP contribution in [0.3, 0.4) is 0 Å². The molecular formula is C50H32N2. The molecule has 10 aromatic carbocycles. The molecule has 0 fully saturated rings. The Labute approximate surface area is 301 Å². The summed E-state index contributed by atoms with van der Waals surface area (Å²) in [5, 5.41) is 15.2. The van der Waals surface area contributed by atoms with E-state index >= 15 is 0 Å². The lowest BCUT2D eigenvalue weighted by Crippen LogP contribution is -2.09. The van der Waals surface area contributed by atoms with Crippen molar-refractivity contribution in [1.82, 2.24) is 4.57 Å². The quantitative estimate of drug-likeness (QED) is 0.135. The molecule has 0 N–H and O–H groups in total. The zero-order valence-corrected chi connectivity index (χ0v) is 28.4. The fraction of sp³-hybridized carbons (Fsp3) is 0. The number of hydrogen-bond donors (Lipinski definition) is 0. The minimum absolute atomic E-state index is 1.13. The van der Waals surface area contributed by atoms with Crippen molar-refractivity contribution < 1.29 is 0 Å². The van der Waals surface area contributed by atoms with Crippen molar-refractivity contribution in [3.63, 3.8) is 0 Å². The normalized spacial score (nSPS) is 11.8. The molecule has 52 heavy (non-hydrogen) atoms. The van der Waals surface area contributed by atoms with Crippen molar-refractivity contribution >= 4 is 92.7 Å². The zero-order valence-electron chi connectivity index (χ0n) is 28.4. The maximum Gasteiger partial charge on any atom is 0.0547 e. The third-order valence-corrected chi connectivity index (χ3v) is 10.9. The maximum absolute atomic E-state index is 2.46. The summed E-state index contributed by atoms with van der Waals surface area (Å²) in [5.41, 5.74) is 7.02. The Kier molecular flexibility index (Phi) is 6.28. The summed E-state index contributed by atoms with van der Waals surface area (Å²) in [6.07, 6.45) is 0. The van der Waals surface area contributed by atoms with Crippen LogP contribution in [0.5, 0.6) is 0 Å². The average Bonchev–Trinajstić information content (AvgIpc) is 3.56. The van der Waals surface area contributed by atoms with Crippen molar-refractivity contribution in [2.45, 2.75) is 0 Å². The Morgan fingerprint density at radius 2 is 0.865 bits per heavy atom. The number of hydrogen-bond acceptors (Lipinski definition) is 1. The summed E-state index contributed by atoms with van der Waals surface area (Å²) in [6.45, 7) is 0. The number of fused-ring (bicyclic) bond motifs is 12. The summed E-state index contributed by atoms with van der Waals surface area (Å²) in [5.74, 6) is 0. The summed E-state index contributed by atoms with van der Waals surface area (Å²) in [6, 6.07) is 71.0. The van der Waals surface area contributed by atoms with E-state index in [1.165, 1.54) is 81.4 Å². The Bertz CT molecular complexity index is 3140. The molecule has 0 unspecified atom stereocenters. The van der Waals surface area contributed by atoms with Crippen molar-refractivity contribution in [1.29, 1.82) is 0 Å². The number of rotatable bonds is 4. The van der Waals surface area contributed by atoms with Crippen LogP contribution in [-0.4, -0.2) is 4.57 Å². The molecule has 242 valence electrons. The lowest BCUT2D eigenvalue weighted by atomic mass is 9.91. The van der Waals surface area contributed by atoms with Gasteiger partial charge in [-0.25, -0.2) is 0 Å². The molecular weight excluding hydrogens is 629 g/mol. The second-order valence-electron chi connectivity index (χ2n) is 13.7. The van der Waals surface area contributed by atoms with Crippen molar-refractivity contribution in [2.75, 3.05) is 4.90 Å². The van der Waals surface area contributed by atoms with Gasteiger partial charge < -0.3 is 9.47 Å². The van der Waals surface area contributed by atoms with E-state index in [0.717, 1.165) is 17.1 Å². The summed E-state index contributed by atoms with van der Waals surface area (Å²) >= 11 is 0. The van der Waals surface area contributed by atoms with Crippen LogP contribution in [0.1, 0.15) is 0 Å². The molecule has 2 nitrogen and oxygen atoms in total. The number of anilines is 3. The van der Waals surface area contributed by atoms with E-state index in [-0.39, 0.29) is 0 Å². The van der Waals surface area contributed by atoms with E-state index in [1.807, 2.05) is 0 Å². The third kappa shape index (κ3) is 4.31. The van der Waals surface area contributed by atoms with Gasteiger partial charge in [-0.05, 0) is 127 Å². The van der Waals surface area contributed by atoms with Crippen LogP contribution < -0.4 is 4.90 Å². The highest BCUT2D eigenvalue weighted by molar-refractivity contribution is 6.31. The molecule has 0 saturated heterocycles. The van der Waals surface area contributed by atoms with Crippen LogP contribution in [0.2, 0.25) is 0 Å². The van der Waals surface area contributed by atoms with Gasteiger partial charge >= 0.3 is 0 Å². The molecule has 11 aromatic rings. The fourth-order valence-electron chi connectivity index (χ4n) is 8.56. The summed E-state index contributed by atoms with van der Waals surface area (Å²) < 4.78 is 2.44. The van der Waals surface area contributed by atoms with Gasteiger partial charge in [-0.15, -0.1) is 0 Å². The molecule has 0 aliphatic heterocycles. The molecule has 1 heterocycles. The molecule has 11 rings (SSSR count). The zero-order chi connectivity index (χ0) is 34.2. The largest absolute Gasteiger partial charge is 0.310 e. The number of para-hydroxylation sites is 3. The molecule has 0 aliphatic rings. The van der Waals surface area contributed by atoms with Gasteiger partial charge in [-0.1, -0.05) is 121 Å². The standard InChI is InChI=1S/C50H32N2/c1-3-15-36(16-4-1)51(37-17-5-2-6-18-37)39-26-27-42-46(31-39)41-20-10-9-19-40(41)45-30-35-24-28-49-50(44(35)32-47(42)45)43-21-11-12-22-48(43)52(49)38-25-23-33-13-7-8-14-34(33)29-38/h1-32H. The molecule has 0 radical (unpaired) electrons. The highest BCUT2D eigenvalue weighted by atomic mass is 15.1. The Morgan fingerprint density at radius 3 is 1.62 bits per heavy atom. The number of nitrogens with zero attached hydrogens (tertiary/aromatic N) is 2. The Hall–Kier alpha value is -6.90. The van der Waals surface area contributed by atoms with Gasteiger partial charge in [0.15, 0.2) is 0 Å². The Balaban J connectivity index is 1.21. The monoisotopic (exact) mass is 660 g/mol. The minimum atomic E-state index is 1.13. The van der Waals surface area contributed by atoms with Crippen molar-refractivity contribution in [3.8, 4) is 5.69 Å². The lowest BCUT2D eigenvalue weighted by Gasteiger charge is -2.26. The van der Waals surface area contributed by atoms with Crippen LogP contribution in [0.4, 0.5) is 17.1 Å². The number of benzene rings is 10. The van der Waals surface area contributed by atoms with Crippen LogP contribution in [-0.2, 0) is 0 Å². The number of aromatic nitrogens is 1. The van der Waals surface area contributed by atoms with Crippen LogP contribution >= 0.6 is 0 Å².